The normalized spacial score (nSPS) is 20.1. The number of nitrogens with one attached hydrogen (secondary N) is 2. The number of rotatable bonds is 4. The zero-order chi connectivity index (χ0) is 14.8. The first-order valence-electron chi connectivity index (χ1n) is 6.38. The van der Waals surface area contributed by atoms with Crippen molar-refractivity contribution in [2.45, 2.75) is 18.0 Å². The second-order valence-electron chi connectivity index (χ2n) is 4.84. The molecule has 1 aromatic rings. The van der Waals surface area contributed by atoms with Crippen LogP contribution in [0.1, 0.15) is 6.92 Å². The lowest BCUT2D eigenvalue weighted by Gasteiger charge is -2.34. The summed E-state index contributed by atoms with van der Waals surface area (Å²) in [5, 5.41) is 3.09. The standard InChI is InChI=1S/C11H19N5O3S/c1-9-5-12-3-4-16(9)11(17)6-14-20(18,19)10-7-15(2)8-13-10/h7-9,12,14H,3-6H2,1-2H3/t9-/m1/s1. The Labute approximate surface area is 118 Å². The highest BCUT2D eigenvalue weighted by molar-refractivity contribution is 7.89. The molecule has 112 valence electrons. The number of aromatic nitrogens is 2. The van der Waals surface area contributed by atoms with E-state index in [-0.39, 0.29) is 23.5 Å². The van der Waals surface area contributed by atoms with Crippen molar-refractivity contribution in [3.63, 3.8) is 0 Å². The lowest BCUT2D eigenvalue weighted by molar-refractivity contribution is -0.132. The van der Waals surface area contributed by atoms with Crippen molar-refractivity contribution in [3.8, 4) is 0 Å². The van der Waals surface area contributed by atoms with Crippen LogP contribution in [0.3, 0.4) is 0 Å². The van der Waals surface area contributed by atoms with Gasteiger partial charge in [0.15, 0.2) is 5.03 Å². The van der Waals surface area contributed by atoms with Gasteiger partial charge in [0, 0.05) is 38.9 Å². The maximum absolute atomic E-state index is 12.0. The number of nitrogens with zero attached hydrogens (tertiary/aromatic N) is 3. The van der Waals surface area contributed by atoms with Crippen LogP contribution in [-0.4, -0.2) is 61.0 Å². The van der Waals surface area contributed by atoms with Crippen LogP contribution in [-0.2, 0) is 21.9 Å². The second kappa shape index (κ2) is 5.90. The molecule has 1 aliphatic heterocycles. The largest absolute Gasteiger partial charge is 0.339 e. The molecular weight excluding hydrogens is 282 g/mol. The van der Waals surface area contributed by atoms with Gasteiger partial charge in [0.2, 0.25) is 5.91 Å². The Morgan fingerprint density at radius 2 is 2.35 bits per heavy atom. The highest BCUT2D eigenvalue weighted by Crippen LogP contribution is 2.05. The molecule has 0 spiro atoms. The van der Waals surface area contributed by atoms with Crippen molar-refractivity contribution < 1.29 is 13.2 Å². The molecule has 0 bridgehead atoms. The minimum atomic E-state index is -3.74. The molecule has 0 aliphatic carbocycles. The first-order chi connectivity index (χ1) is 9.40. The van der Waals surface area contributed by atoms with Crippen molar-refractivity contribution in [2.24, 2.45) is 7.05 Å². The fourth-order valence-electron chi connectivity index (χ4n) is 2.07. The van der Waals surface area contributed by atoms with E-state index in [4.69, 9.17) is 0 Å². The zero-order valence-corrected chi connectivity index (χ0v) is 12.4. The van der Waals surface area contributed by atoms with Gasteiger partial charge in [-0.1, -0.05) is 0 Å². The number of hydrogen-bond donors (Lipinski definition) is 2. The number of hydrogen-bond acceptors (Lipinski definition) is 5. The number of carbonyl (C=O) groups excluding carboxylic acids is 1. The lowest BCUT2D eigenvalue weighted by atomic mass is 10.2. The Balaban J connectivity index is 1.96. The highest BCUT2D eigenvalue weighted by Gasteiger charge is 2.25. The van der Waals surface area contributed by atoms with Crippen molar-refractivity contribution >= 4 is 15.9 Å². The van der Waals surface area contributed by atoms with Gasteiger partial charge in [0.1, 0.15) is 0 Å². The molecule has 1 aliphatic rings. The predicted molar refractivity (Wildman–Crippen MR) is 72.4 cm³/mol. The third kappa shape index (κ3) is 3.35. The SMILES string of the molecule is C[C@@H]1CNCCN1C(=O)CNS(=O)(=O)c1cn(C)cn1. The van der Waals surface area contributed by atoms with Crippen molar-refractivity contribution in [3.05, 3.63) is 12.5 Å². The summed E-state index contributed by atoms with van der Waals surface area (Å²) >= 11 is 0. The van der Waals surface area contributed by atoms with Gasteiger partial charge in [0.25, 0.3) is 10.0 Å². The highest BCUT2D eigenvalue weighted by atomic mass is 32.2. The number of aryl methyl sites for hydroxylation is 1. The molecule has 2 N–H and O–H groups in total. The van der Waals surface area contributed by atoms with E-state index in [0.717, 1.165) is 13.1 Å². The number of amides is 1. The molecular formula is C11H19N5O3S. The fourth-order valence-corrected chi connectivity index (χ4v) is 3.02. The monoisotopic (exact) mass is 301 g/mol. The van der Waals surface area contributed by atoms with Crippen LogP contribution < -0.4 is 10.0 Å². The Kier molecular flexibility index (Phi) is 4.41. The number of piperazine rings is 1. The third-order valence-corrected chi connectivity index (χ3v) is 4.48. The molecule has 1 atom stereocenters. The minimum Gasteiger partial charge on any atom is -0.339 e. The fraction of sp³-hybridized carbons (Fsp3) is 0.636. The maximum Gasteiger partial charge on any atom is 0.260 e. The average molecular weight is 301 g/mol. The van der Waals surface area contributed by atoms with Gasteiger partial charge < -0.3 is 14.8 Å². The second-order valence-corrected chi connectivity index (χ2v) is 6.56. The molecule has 2 heterocycles. The molecule has 1 fully saturated rings. The molecule has 1 aromatic heterocycles. The van der Waals surface area contributed by atoms with Crippen LogP contribution >= 0.6 is 0 Å². The Hall–Kier alpha value is -1.45. The van der Waals surface area contributed by atoms with Gasteiger partial charge in [-0.05, 0) is 6.92 Å². The first kappa shape index (κ1) is 14.9. The molecule has 20 heavy (non-hydrogen) atoms. The summed E-state index contributed by atoms with van der Waals surface area (Å²) in [7, 11) is -2.06. The number of sulfonamides is 1. The van der Waals surface area contributed by atoms with Gasteiger partial charge in [-0.2, -0.15) is 0 Å². The van der Waals surface area contributed by atoms with Gasteiger partial charge in [0.05, 0.1) is 12.9 Å². The Morgan fingerprint density at radius 1 is 1.60 bits per heavy atom. The molecule has 0 aromatic carbocycles. The Bertz CT molecular complexity index is 583. The van der Waals surface area contributed by atoms with Crippen LogP contribution in [0.25, 0.3) is 0 Å². The summed E-state index contributed by atoms with van der Waals surface area (Å²) in [6.45, 7) is 3.72. The van der Waals surface area contributed by atoms with E-state index < -0.39 is 10.0 Å². The first-order valence-corrected chi connectivity index (χ1v) is 7.86. The third-order valence-electron chi connectivity index (χ3n) is 3.19. The maximum atomic E-state index is 12.0. The van der Waals surface area contributed by atoms with Crippen LogP contribution in [0.4, 0.5) is 0 Å². The summed E-state index contributed by atoms with van der Waals surface area (Å²) < 4.78 is 27.7. The molecule has 0 unspecified atom stereocenters. The molecule has 1 saturated heterocycles. The van der Waals surface area contributed by atoms with Gasteiger partial charge in [-0.3, -0.25) is 4.79 Å². The van der Waals surface area contributed by atoms with Gasteiger partial charge in [-0.15, -0.1) is 0 Å². The van der Waals surface area contributed by atoms with E-state index in [1.807, 2.05) is 6.92 Å². The van der Waals surface area contributed by atoms with Gasteiger partial charge >= 0.3 is 0 Å². The summed E-state index contributed by atoms with van der Waals surface area (Å²) in [5.41, 5.74) is 0. The average Bonchev–Trinajstić information content (AvgIpc) is 2.84. The summed E-state index contributed by atoms with van der Waals surface area (Å²) in [5.74, 6) is -0.224. The van der Waals surface area contributed by atoms with Crippen LogP contribution in [0, 0.1) is 0 Å². The smallest absolute Gasteiger partial charge is 0.260 e. The van der Waals surface area contributed by atoms with Crippen LogP contribution in [0.15, 0.2) is 17.6 Å². The topological polar surface area (TPSA) is 96.3 Å². The number of carbonyl (C=O) groups is 1. The molecule has 9 heteroatoms. The summed E-state index contributed by atoms with van der Waals surface area (Å²) in [6, 6.07) is 0.0654. The Morgan fingerprint density at radius 3 is 2.95 bits per heavy atom. The van der Waals surface area contributed by atoms with Crippen LogP contribution in [0.5, 0.6) is 0 Å². The molecule has 0 saturated carbocycles. The van der Waals surface area contributed by atoms with E-state index >= 15 is 0 Å². The molecule has 8 nitrogen and oxygen atoms in total. The van der Waals surface area contributed by atoms with E-state index in [2.05, 4.69) is 15.0 Å². The predicted octanol–water partition coefficient (Wildman–Crippen LogP) is -1.48. The molecule has 0 radical (unpaired) electrons. The van der Waals surface area contributed by atoms with Crippen molar-refractivity contribution in [1.29, 1.82) is 0 Å². The number of imidazole rings is 1. The van der Waals surface area contributed by atoms with Crippen molar-refractivity contribution in [2.75, 3.05) is 26.2 Å². The molecule has 2 rings (SSSR count). The zero-order valence-electron chi connectivity index (χ0n) is 11.5. The van der Waals surface area contributed by atoms with E-state index in [0.29, 0.717) is 6.54 Å². The van der Waals surface area contributed by atoms with E-state index in [1.54, 1.807) is 11.9 Å². The van der Waals surface area contributed by atoms with E-state index in [1.165, 1.54) is 17.1 Å². The van der Waals surface area contributed by atoms with Gasteiger partial charge in [-0.25, -0.2) is 18.1 Å². The summed E-state index contributed by atoms with van der Waals surface area (Å²) in [4.78, 5) is 17.5. The quantitative estimate of drug-likeness (QED) is 0.707. The summed E-state index contributed by atoms with van der Waals surface area (Å²) in [6.07, 6.45) is 2.79. The molecule has 1 amide bonds. The lowest BCUT2D eigenvalue weighted by Crippen LogP contribution is -2.54. The van der Waals surface area contributed by atoms with E-state index in [9.17, 15) is 13.2 Å². The van der Waals surface area contributed by atoms with Crippen LogP contribution in [0.2, 0.25) is 0 Å². The minimum absolute atomic E-state index is 0.0654. The van der Waals surface area contributed by atoms with Crippen molar-refractivity contribution in [1.82, 2.24) is 24.5 Å².